The van der Waals surface area contributed by atoms with E-state index in [-0.39, 0.29) is 20.1 Å². The molecule has 5 aromatic heterocycles. The van der Waals surface area contributed by atoms with E-state index in [1.165, 1.54) is 11.1 Å². The molecule has 85 heavy (non-hydrogen) atoms. The summed E-state index contributed by atoms with van der Waals surface area (Å²) in [5.41, 5.74) is 18.4. The first kappa shape index (κ1) is 54.0. The summed E-state index contributed by atoms with van der Waals surface area (Å²) in [5.74, 6) is 1.45. The van der Waals surface area contributed by atoms with E-state index in [1.54, 1.807) is 6.20 Å². The summed E-state index contributed by atoms with van der Waals surface area (Å²) < 4.78 is 0. The first-order chi connectivity index (χ1) is 41.6. The minimum atomic E-state index is 0. The van der Waals surface area contributed by atoms with Gasteiger partial charge in [-0.15, -0.1) is 107 Å². The molecule has 0 aliphatic heterocycles. The maximum absolute atomic E-state index is 5.24. The number of nitrogens with zero attached hydrogens (tertiary/aromatic N) is 7. The molecule has 0 amide bonds. The van der Waals surface area contributed by atoms with Crippen LogP contribution in [0.25, 0.3) is 144 Å². The molecule has 0 saturated heterocycles. The van der Waals surface area contributed by atoms with Crippen LogP contribution in [0.15, 0.2) is 255 Å². The van der Waals surface area contributed by atoms with Crippen LogP contribution in [0.2, 0.25) is 0 Å². The number of benzene rings is 11. The topological polar surface area (TPSA) is 90.2 Å². The molecule has 16 aromatic rings. The van der Waals surface area contributed by atoms with Gasteiger partial charge in [0.05, 0.1) is 56.5 Å². The molecule has 0 bridgehead atoms. The summed E-state index contributed by atoms with van der Waals surface area (Å²) in [7, 11) is 0. The van der Waals surface area contributed by atoms with E-state index in [2.05, 4.69) is 195 Å². The third kappa shape index (κ3) is 10.3. The first-order valence-electron chi connectivity index (χ1n) is 28.4. The van der Waals surface area contributed by atoms with Crippen molar-refractivity contribution in [3.63, 3.8) is 0 Å². The molecule has 0 saturated carbocycles. The van der Waals surface area contributed by atoms with Crippen LogP contribution in [0.1, 0.15) is 25.0 Å². The molecule has 0 aliphatic carbocycles. The van der Waals surface area contributed by atoms with Crippen molar-refractivity contribution in [1.82, 2.24) is 34.9 Å². The zero-order valence-corrected chi connectivity index (χ0v) is 49.0. The Labute approximate surface area is 506 Å². The minimum absolute atomic E-state index is 0. The Balaban J connectivity index is 0.000000131. The second kappa shape index (κ2) is 23.9. The van der Waals surface area contributed by atoms with Crippen molar-refractivity contribution < 1.29 is 20.1 Å². The molecule has 11 aromatic carbocycles. The van der Waals surface area contributed by atoms with Gasteiger partial charge in [0.1, 0.15) is 0 Å². The van der Waals surface area contributed by atoms with Crippen molar-refractivity contribution in [3.05, 3.63) is 284 Å². The van der Waals surface area contributed by atoms with Crippen molar-refractivity contribution in [2.45, 2.75) is 26.7 Å². The molecule has 16 rings (SSSR count). The largest absolute Gasteiger partial charge is 0.305 e. The van der Waals surface area contributed by atoms with Crippen LogP contribution in [0.4, 0.5) is 0 Å². The van der Waals surface area contributed by atoms with E-state index in [0.29, 0.717) is 0 Å². The minimum Gasteiger partial charge on any atom is -0.305 e. The smallest absolute Gasteiger partial charge is 0.0788 e. The molecule has 0 atom stereocenters. The van der Waals surface area contributed by atoms with Gasteiger partial charge in [0.25, 0.3) is 0 Å². The number of aromatic nitrogens is 7. The van der Waals surface area contributed by atoms with Crippen LogP contribution in [0, 0.1) is 18.2 Å². The van der Waals surface area contributed by atoms with Gasteiger partial charge in [-0.1, -0.05) is 184 Å². The molecule has 0 aliphatic rings. The molecule has 407 valence electrons. The predicted molar refractivity (Wildman–Crippen MR) is 345 cm³/mol. The normalized spacial score (nSPS) is 11.2. The van der Waals surface area contributed by atoms with Gasteiger partial charge in [-0.25, -0.2) is 9.97 Å². The molecule has 0 unspecified atom stereocenters. The van der Waals surface area contributed by atoms with Gasteiger partial charge in [0.2, 0.25) is 0 Å². The first-order valence-corrected chi connectivity index (χ1v) is 28.4. The Morgan fingerprint density at radius 2 is 0.659 bits per heavy atom. The number of hydrogen-bond donors (Lipinski definition) is 0. The molecular weight excluding hydrogens is 1220 g/mol. The average Bonchev–Trinajstić information content (AvgIpc) is 0.935. The molecule has 1 radical (unpaired) electrons. The SMILES string of the molecule is CCc1ccc[c-]c1-c1nc2ccc3c(-c4ccccc4)nc(-c4ccccc4)c4ccc(n1)c2c34.CCc1ccc[c-]c1-c1nc2ccc3c(-c4ccccc4)nc(-c4ccccc4)c4ccc(n1)c2c34.[Ir].[c-]1ccccc1-c1ccccn1. The van der Waals surface area contributed by atoms with Gasteiger partial charge < -0.3 is 4.98 Å². The number of aryl methyl sites for hydroxylation is 2. The van der Waals surface area contributed by atoms with E-state index in [0.717, 1.165) is 157 Å². The Morgan fingerprint density at radius 3 is 0.988 bits per heavy atom. The van der Waals surface area contributed by atoms with E-state index in [9.17, 15) is 0 Å². The summed E-state index contributed by atoms with van der Waals surface area (Å²) in [6, 6.07) is 94.5. The van der Waals surface area contributed by atoms with Crippen molar-refractivity contribution in [1.29, 1.82) is 0 Å². The fourth-order valence-electron chi connectivity index (χ4n) is 11.6. The Kier molecular flexibility index (Phi) is 15.2. The van der Waals surface area contributed by atoms with E-state index in [1.807, 2.05) is 91.0 Å². The van der Waals surface area contributed by atoms with Gasteiger partial charge in [-0.3, -0.25) is 19.9 Å². The molecule has 0 N–H and O–H groups in total. The van der Waals surface area contributed by atoms with Crippen LogP contribution < -0.4 is 0 Å². The van der Waals surface area contributed by atoms with Crippen LogP contribution in [-0.2, 0) is 32.9 Å². The molecule has 0 fully saturated rings. The van der Waals surface area contributed by atoms with Crippen LogP contribution in [0.5, 0.6) is 0 Å². The van der Waals surface area contributed by atoms with Crippen molar-refractivity contribution in [3.8, 4) is 79.1 Å². The van der Waals surface area contributed by atoms with Crippen molar-refractivity contribution in [2.24, 2.45) is 0 Å². The quantitative estimate of drug-likeness (QED) is 0.105. The maximum atomic E-state index is 5.24. The maximum Gasteiger partial charge on any atom is 0.0788 e. The van der Waals surface area contributed by atoms with Crippen molar-refractivity contribution >= 4 is 65.2 Å². The zero-order chi connectivity index (χ0) is 56.3. The van der Waals surface area contributed by atoms with Gasteiger partial charge in [0, 0.05) is 91.6 Å². The molecule has 7 nitrogen and oxygen atoms in total. The summed E-state index contributed by atoms with van der Waals surface area (Å²) in [4.78, 5) is 34.9. The van der Waals surface area contributed by atoms with E-state index < -0.39 is 0 Å². The molecule has 8 heteroatoms. The molecular formula is C77H52IrN7-3. The number of rotatable bonds is 9. The Bertz CT molecular complexity index is 4420. The van der Waals surface area contributed by atoms with Gasteiger partial charge >= 0.3 is 0 Å². The van der Waals surface area contributed by atoms with Crippen LogP contribution in [0.3, 0.4) is 0 Å². The second-order valence-electron chi connectivity index (χ2n) is 20.5. The zero-order valence-electron chi connectivity index (χ0n) is 46.6. The molecule has 0 spiro atoms. The van der Waals surface area contributed by atoms with E-state index >= 15 is 0 Å². The van der Waals surface area contributed by atoms with Gasteiger partial charge in [0.15, 0.2) is 0 Å². The third-order valence-electron chi connectivity index (χ3n) is 15.5. The Morgan fingerprint density at radius 1 is 0.306 bits per heavy atom. The van der Waals surface area contributed by atoms with Gasteiger partial charge in [-0.05, 0) is 36.0 Å². The number of hydrogen-bond acceptors (Lipinski definition) is 7. The molecule has 5 heterocycles. The fraction of sp³-hybridized carbons (Fsp3) is 0.0519. The van der Waals surface area contributed by atoms with Gasteiger partial charge in [-0.2, -0.15) is 0 Å². The average molecular weight is 1270 g/mol. The second-order valence-corrected chi connectivity index (χ2v) is 20.5. The van der Waals surface area contributed by atoms with Crippen LogP contribution in [-0.4, -0.2) is 34.9 Å². The summed E-state index contributed by atoms with van der Waals surface area (Å²) >= 11 is 0. The number of pyridine rings is 3. The summed E-state index contributed by atoms with van der Waals surface area (Å²) in [6.45, 7) is 4.31. The van der Waals surface area contributed by atoms with Crippen molar-refractivity contribution in [2.75, 3.05) is 0 Å². The third-order valence-corrected chi connectivity index (χ3v) is 15.5. The predicted octanol–water partition coefficient (Wildman–Crippen LogP) is 18.8. The van der Waals surface area contributed by atoms with E-state index in [4.69, 9.17) is 29.9 Å². The standard InChI is InChI=1S/2C33H22N3.C11H8N.Ir/c2*1-2-21-11-9-10-16-24(21)33-34-27-19-17-25-29-26(18-20-28(35-33)30(27)29)32(23-14-7-4-8-15-23)36-31(25)22-12-5-3-6-13-22;1-2-6-10(7-3-1)11-8-4-5-9-12-11;/h2*3-15,17-20H,2H2,1H3;1-6,8-9H;/q3*-1;. The summed E-state index contributed by atoms with van der Waals surface area (Å²) in [5, 5.41) is 8.96. The monoisotopic (exact) mass is 1270 g/mol. The Hall–Kier alpha value is -10.2. The summed E-state index contributed by atoms with van der Waals surface area (Å²) in [6.07, 6.45) is 3.61. The van der Waals surface area contributed by atoms with Crippen LogP contribution >= 0.6 is 0 Å². The fourth-order valence-corrected chi connectivity index (χ4v) is 11.6.